The molecule has 1 aliphatic rings. The highest BCUT2D eigenvalue weighted by Crippen LogP contribution is 2.31. The third-order valence-corrected chi connectivity index (χ3v) is 6.14. The van der Waals surface area contributed by atoms with Crippen LogP contribution < -0.4 is 5.32 Å². The van der Waals surface area contributed by atoms with Crippen LogP contribution in [0.3, 0.4) is 0 Å². The number of hydrogen-bond donors (Lipinski definition) is 1. The predicted molar refractivity (Wildman–Crippen MR) is 120 cm³/mol. The van der Waals surface area contributed by atoms with Crippen molar-refractivity contribution in [2.24, 2.45) is 0 Å². The zero-order chi connectivity index (χ0) is 21.2. The molecule has 5 rings (SSSR count). The molecule has 0 saturated heterocycles. The molecule has 2 aromatic carbocycles. The summed E-state index contributed by atoms with van der Waals surface area (Å²) >= 11 is 1.55. The van der Waals surface area contributed by atoms with Gasteiger partial charge in [0.1, 0.15) is 0 Å². The van der Waals surface area contributed by atoms with Crippen molar-refractivity contribution in [2.75, 3.05) is 0 Å². The van der Waals surface area contributed by atoms with Gasteiger partial charge in [-0.1, -0.05) is 42.1 Å². The lowest BCUT2D eigenvalue weighted by molar-refractivity contribution is 0.0950. The van der Waals surface area contributed by atoms with Crippen molar-refractivity contribution in [3.63, 3.8) is 0 Å². The Hall–Kier alpha value is -3.32. The van der Waals surface area contributed by atoms with Crippen LogP contribution in [-0.4, -0.2) is 26.7 Å². The molecule has 4 aromatic rings. The van der Waals surface area contributed by atoms with E-state index in [4.69, 9.17) is 4.42 Å². The molecule has 1 fully saturated rings. The molecule has 0 bridgehead atoms. The SMILES string of the molecule is Cc1cccc(-n2c(SCc3ccccc3C(=O)NC3CC3)nnc2-c2ccco2)c1. The van der Waals surface area contributed by atoms with Crippen LogP contribution in [0.15, 0.2) is 76.5 Å². The van der Waals surface area contributed by atoms with Crippen LogP contribution in [0.2, 0.25) is 0 Å². The molecule has 0 unspecified atom stereocenters. The monoisotopic (exact) mass is 430 g/mol. The van der Waals surface area contributed by atoms with Gasteiger partial charge in [-0.15, -0.1) is 10.2 Å². The van der Waals surface area contributed by atoms with Gasteiger partial charge in [0.15, 0.2) is 10.9 Å². The van der Waals surface area contributed by atoms with Crippen molar-refractivity contribution >= 4 is 17.7 Å². The van der Waals surface area contributed by atoms with Gasteiger partial charge in [-0.05, 0) is 61.2 Å². The van der Waals surface area contributed by atoms with E-state index < -0.39 is 0 Å². The summed E-state index contributed by atoms with van der Waals surface area (Å²) in [4.78, 5) is 12.6. The molecule has 1 amide bonds. The largest absolute Gasteiger partial charge is 0.461 e. The molecule has 31 heavy (non-hydrogen) atoms. The van der Waals surface area contributed by atoms with Crippen LogP contribution >= 0.6 is 11.8 Å². The highest BCUT2D eigenvalue weighted by Gasteiger charge is 2.25. The Bertz CT molecular complexity index is 1210. The summed E-state index contributed by atoms with van der Waals surface area (Å²) in [5, 5.41) is 12.7. The molecule has 0 spiro atoms. The quantitative estimate of drug-likeness (QED) is 0.417. The maximum absolute atomic E-state index is 12.6. The molecule has 2 aromatic heterocycles. The topological polar surface area (TPSA) is 73.0 Å². The van der Waals surface area contributed by atoms with E-state index in [1.165, 1.54) is 0 Å². The molecule has 0 radical (unpaired) electrons. The normalized spacial score (nSPS) is 13.3. The summed E-state index contributed by atoms with van der Waals surface area (Å²) in [6.07, 6.45) is 3.77. The third kappa shape index (κ3) is 4.27. The number of nitrogens with zero attached hydrogens (tertiary/aromatic N) is 3. The molecular formula is C24H22N4O2S. The number of thioether (sulfide) groups is 1. The fourth-order valence-corrected chi connectivity index (χ4v) is 4.39. The average Bonchev–Trinajstić information content (AvgIpc) is 3.26. The van der Waals surface area contributed by atoms with Gasteiger partial charge in [-0.25, -0.2) is 0 Å². The second-order valence-electron chi connectivity index (χ2n) is 7.65. The minimum atomic E-state index is -0.00451. The van der Waals surface area contributed by atoms with Crippen LogP contribution in [0.25, 0.3) is 17.3 Å². The zero-order valence-electron chi connectivity index (χ0n) is 17.1. The Morgan fingerprint density at radius 1 is 1.13 bits per heavy atom. The summed E-state index contributed by atoms with van der Waals surface area (Å²) in [6.45, 7) is 2.06. The summed E-state index contributed by atoms with van der Waals surface area (Å²) < 4.78 is 7.60. The Balaban J connectivity index is 1.46. The third-order valence-electron chi connectivity index (χ3n) is 5.17. The highest BCUT2D eigenvalue weighted by atomic mass is 32.2. The number of rotatable bonds is 7. The number of hydrogen-bond acceptors (Lipinski definition) is 5. The second kappa shape index (κ2) is 8.43. The molecule has 1 N–H and O–H groups in total. The molecule has 7 heteroatoms. The fraction of sp³-hybridized carbons (Fsp3) is 0.208. The lowest BCUT2D eigenvalue weighted by Gasteiger charge is -2.12. The molecule has 0 atom stereocenters. The van der Waals surface area contributed by atoms with Crippen molar-refractivity contribution in [3.8, 4) is 17.3 Å². The number of aryl methyl sites for hydroxylation is 1. The summed E-state index contributed by atoms with van der Waals surface area (Å²) in [5.41, 5.74) is 3.81. The highest BCUT2D eigenvalue weighted by molar-refractivity contribution is 7.98. The number of amides is 1. The van der Waals surface area contributed by atoms with E-state index in [-0.39, 0.29) is 5.91 Å². The number of carbonyl (C=O) groups excluding carboxylic acids is 1. The predicted octanol–water partition coefficient (Wildman–Crippen LogP) is 5.02. The molecule has 6 nitrogen and oxygen atoms in total. The standard InChI is InChI=1S/C24H22N4O2S/c1-16-6-4-8-19(14-16)28-22(21-10-5-13-30-21)26-27-24(28)31-15-17-7-2-3-9-20(17)23(29)25-18-11-12-18/h2-10,13-14,18H,11-12,15H2,1H3,(H,25,29). The molecule has 156 valence electrons. The summed E-state index contributed by atoms with van der Waals surface area (Å²) in [5.74, 6) is 1.91. The van der Waals surface area contributed by atoms with E-state index >= 15 is 0 Å². The first-order chi connectivity index (χ1) is 15.2. The Morgan fingerprint density at radius 3 is 2.77 bits per heavy atom. The average molecular weight is 431 g/mol. The molecule has 0 aliphatic heterocycles. The van der Waals surface area contributed by atoms with E-state index in [1.54, 1.807) is 18.0 Å². The minimum Gasteiger partial charge on any atom is -0.461 e. The zero-order valence-corrected chi connectivity index (χ0v) is 17.9. The molecule has 2 heterocycles. The summed E-state index contributed by atoms with van der Waals surface area (Å²) in [7, 11) is 0. The van der Waals surface area contributed by atoms with Gasteiger partial charge in [0.05, 0.1) is 12.0 Å². The van der Waals surface area contributed by atoms with Crippen LogP contribution in [0.5, 0.6) is 0 Å². The first-order valence-corrected chi connectivity index (χ1v) is 11.3. The Morgan fingerprint density at radius 2 is 2.00 bits per heavy atom. The maximum atomic E-state index is 12.6. The molecular weight excluding hydrogens is 408 g/mol. The van der Waals surface area contributed by atoms with E-state index in [0.717, 1.165) is 40.4 Å². The maximum Gasteiger partial charge on any atom is 0.251 e. The van der Waals surface area contributed by atoms with Crippen molar-refractivity contribution in [2.45, 2.75) is 36.7 Å². The van der Waals surface area contributed by atoms with Crippen molar-refractivity contribution in [1.82, 2.24) is 20.1 Å². The Kier molecular flexibility index (Phi) is 5.34. The first kappa shape index (κ1) is 19.6. The van der Waals surface area contributed by atoms with E-state index in [2.05, 4.69) is 34.6 Å². The van der Waals surface area contributed by atoms with Crippen molar-refractivity contribution in [3.05, 3.63) is 83.6 Å². The number of benzene rings is 2. The van der Waals surface area contributed by atoms with Gasteiger partial charge in [0.25, 0.3) is 5.91 Å². The van der Waals surface area contributed by atoms with Gasteiger partial charge < -0.3 is 9.73 Å². The van der Waals surface area contributed by atoms with Crippen LogP contribution in [0.1, 0.15) is 34.3 Å². The fourth-order valence-electron chi connectivity index (χ4n) is 3.43. The number of carbonyl (C=O) groups is 1. The van der Waals surface area contributed by atoms with Gasteiger partial charge in [0, 0.05) is 17.4 Å². The minimum absolute atomic E-state index is 0.00451. The van der Waals surface area contributed by atoms with E-state index in [9.17, 15) is 4.79 Å². The smallest absolute Gasteiger partial charge is 0.251 e. The molecule has 1 aliphatic carbocycles. The van der Waals surface area contributed by atoms with Crippen LogP contribution in [0, 0.1) is 6.92 Å². The van der Waals surface area contributed by atoms with E-state index in [1.807, 2.05) is 53.1 Å². The van der Waals surface area contributed by atoms with Crippen LogP contribution in [-0.2, 0) is 5.75 Å². The van der Waals surface area contributed by atoms with Crippen molar-refractivity contribution < 1.29 is 9.21 Å². The Labute approximate surface area is 184 Å². The van der Waals surface area contributed by atoms with Crippen LogP contribution in [0.4, 0.5) is 0 Å². The van der Waals surface area contributed by atoms with E-state index in [0.29, 0.717) is 23.4 Å². The number of aromatic nitrogens is 3. The number of furan rings is 1. The number of nitrogens with one attached hydrogen (secondary N) is 1. The first-order valence-electron chi connectivity index (χ1n) is 10.3. The molecule has 1 saturated carbocycles. The lowest BCUT2D eigenvalue weighted by Crippen LogP contribution is -2.26. The van der Waals surface area contributed by atoms with Gasteiger partial charge >= 0.3 is 0 Å². The second-order valence-corrected chi connectivity index (χ2v) is 8.59. The van der Waals surface area contributed by atoms with Gasteiger partial charge in [-0.2, -0.15) is 0 Å². The lowest BCUT2D eigenvalue weighted by atomic mass is 10.1. The summed E-state index contributed by atoms with van der Waals surface area (Å²) in [6, 6.07) is 20.0. The van der Waals surface area contributed by atoms with Gasteiger partial charge in [-0.3, -0.25) is 9.36 Å². The van der Waals surface area contributed by atoms with Crippen molar-refractivity contribution in [1.29, 1.82) is 0 Å². The van der Waals surface area contributed by atoms with Gasteiger partial charge in [0.2, 0.25) is 5.82 Å².